The smallest absolute Gasteiger partial charge is 0.335 e. The van der Waals surface area contributed by atoms with E-state index >= 15 is 0 Å². The average molecular weight is 835 g/mol. The Labute approximate surface area is 313 Å². The van der Waals surface area contributed by atoms with Crippen LogP contribution in [0.25, 0.3) is 21.1 Å². The van der Waals surface area contributed by atoms with Gasteiger partial charge in [0.25, 0.3) is 5.91 Å². The number of carboxylic acid groups (broad SMARTS) is 1. The Morgan fingerprint density at radius 3 is 1.68 bits per heavy atom. The minimum Gasteiger partial charge on any atom is -0.478 e. The molecule has 1 saturated heterocycles. The summed E-state index contributed by atoms with van der Waals surface area (Å²) in [6.45, 7) is 3.33. The zero-order chi connectivity index (χ0) is 35.0. The van der Waals surface area contributed by atoms with E-state index in [0.717, 1.165) is 60.6 Å². The Hall–Kier alpha value is -4.54. The summed E-state index contributed by atoms with van der Waals surface area (Å²) in [6, 6.07) is 25.7. The summed E-state index contributed by atoms with van der Waals surface area (Å²) < 4.78 is 2.09. The third-order valence-electron chi connectivity index (χ3n) is 7.48. The number of nitrogens with one attached hydrogen (secondary N) is 2. The van der Waals surface area contributed by atoms with Crippen LogP contribution in [-0.2, 0) is 0 Å². The van der Waals surface area contributed by atoms with Gasteiger partial charge in [0.2, 0.25) is 11.9 Å². The second kappa shape index (κ2) is 16.4. The van der Waals surface area contributed by atoms with Gasteiger partial charge in [-0.1, -0.05) is 12.1 Å². The van der Waals surface area contributed by atoms with Crippen molar-refractivity contribution in [1.82, 2.24) is 29.7 Å². The van der Waals surface area contributed by atoms with Crippen LogP contribution in [-0.4, -0.2) is 79.9 Å². The number of halogens is 2. The van der Waals surface area contributed by atoms with Gasteiger partial charge in [-0.3, -0.25) is 4.79 Å². The molecule has 7 rings (SSSR count). The van der Waals surface area contributed by atoms with Crippen LogP contribution >= 0.6 is 54.5 Å². The van der Waals surface area contributed by atoms with Gasteiger partial charge in [-0.2, -0.15) is 0 Å². The normalized spacial score (nSPS) is 12.9. The fourth-order valence-electron chi connectivity index (χ4n) is 4.93. The molecule has 0 spiro atoms. The lowest BCUT2D eigenvalue weighted by Crippen LogP contribution is -2.47. The van der Waals surface area contributed by atoms with E-state index in [4.69, 9.17) is 5.11 Å². The number of carboxylic acids is 1. The van der Waals surface area contributed by atoms with E-state index in [9.17, 15) is 9.59 Å². The molecule has 50 heavy (non-hydrogen) atoms. The number of aromatic carboxylic acids is 1. The maximum atomic E-state index is 12.8. The van der Waals surface area contributed by atoms with Gasteiger partial charge in [0, 0.05) is 55.5 Å². The van der Waals surface area contributed by atoms with Crippen LogP contribution in [0.3, 0.4) is 0 Å². The molecule has 0 saturated carbocycles. The van der Waals surface area contributed by atoms with Crippen molar-refractivity contribution in [1.29, 1.82) is 0 Å². The average Bonchev–Trinajstić information content (AvgIpc) is 3.77. The van der Waals surface area contributed by atoms with Crippen molar-refractivity contribution in [3.05, 3.63) is 116 Å². The van der Waals surface area contributed by atoms with Crippen molar-refractivity contribution >= 4 is 89.7 Å². The number of hydrogen-bond acceptors (Lipinski definition) is 11. The molecule has 2 aromatic carbocycles. The second-order valence-corrected chi connectivity index (χ2v) is 16.0. The van der Waals surface area contributed by atoms with E-state index < -0.39 is 5.97 Å². The summed E-state index contributed by atoms with van der Waals surface area (Å²) in [5.74, 6) is 0.0207. The lowest BCUT2D eigenvalue weighted by atomic mass is 10.1. The van der Waals surface area contributed by atoms with E-state index in [2.05, 4.69) is 74.4 Å². The molecule has 15 heteroatoms. The highest BCUT2D eigenvalue weighted by Gasteiger charge is 2.20. The molecule has 0 bridgehead atoms. The molecule has 4 aromatic heterocycles. The summed E-state index contributed by atoms with van der Waals surface area (Å²) in [7, 11) is 2.08. The molecule has 5 heterocycles. The van der Waals surface area contributed by atoms with Crippen LogP contribution in [0.5, 0.6) is 0 Å². The molecule has 1 aliphatic rings. The van der Waals surface area contributed by atoms with E-state index in [1.165, 1.54) is 6.07 Å². The van der Waals surface area contributed by atoms with Gasteiger partial charge in [-0.25, -0.2) is 24.7 Å². The van der Waals surface area contributed by atoms with E-state index in [0.29, 0.717) is 23.1 Å². The van der Waals surface area contributed by atoms with Crippen LogP contribution in [0, 0.1) is 0 Å². The summed E-state index contributed by atoms with van der Waals surface area (Å²) in [4.78, 5) is 47.5. The number of likely N-dealkylation sites (N-methyl/N-ethyl adjacent to an activating group) is 1. The molecular formula is C35H30Br2N8O3S2. The number of anilines is 4. The van der Waals surface area contributed by atoms with Crippen LogP contribution in [0.1, 0.15) is 20.7 Å². The molecule has 3 N–H and O–H groups in total. The quantitative estimate of drug-likeness (QED) is 0.137. The van der Waals surface area contributed by atoms with E-state index in [1.54, 1.807) is 53.3 Å². The van der Waals surface area contributed by atoms with Crippen molar-refractivity contribution in [3.8, 4) is 21.1 Å². The Morgan fingerprint density at radius 1 is 0.700 bits per heavy atom. The van der Waals surface area contributed by atoms with Gasteiger partial charge in [-0.05, 0) is 112 Å². The second-order valence-electron chi connectivity index (χ2n) is 11.1. The minimum absolute atomic E-state index is 0.0647. The Kier molecular flexibility index (Phi) is 11.6. The molecule has 0 aliphatic carbocycles. The fraction of sp³-hybridized carbons (Fsp3) is 0.143. The molecule has 0 radical (unpaired) electrons. The third kappa shape index (κ3) is 9.37. The number of benzene rings is 2. The number of nitrogens with zero attached hydrogens (tertiary/aromatic N) is 6. The van der Waals surface area contributed by atoms with E-state index in [1.807, 2.05) is 65.6 Å². The van der Waals surface area contributed by atoms with Crippen molar-refractivity contribution in [2.24, 2.45) is 0 Å². The van der Waals surface area contributed by atoms with Crippen LogP contribution < -0.4 is 10.6 Å². The first-order chi connectivity index (χ1) is 24.2. The molecule has 254 valence electrons. The summed E-state index contributed by atoms with van der Waals surface area (Å²) in [5, 5.41) is 15.2. The first-order valence-corrected chi connectivity index (χ1v) is 18.5. The number of carbonyl (C=O) groups is 2. The Bertz CT molecular complexity index is 2120. The largest absolute Gasteiger partial charge is 0.478 e. The van der Waals surface area contributed by atoms with Crippen LogP contribution in [0.15, 0.2) is 105 Å². The number of rotatable bonds is 8. The lowest BCUT2D eigenvalue weighted by Gasteiger charge is -2.32. The van der Waals surface area contributed by atoms with Gasteiger partial charge < -0.3 is 25.5 Å². The van der Waals surface area contributed by atoms with Crippen molar-refractivity contribution in [2.75, 3.05) is 43.9 Å². The number of hydrogen-bond donors (Lipinski definition) is 3. The van der Waals surface area contributed by atoms with Gasteiger partial charge in [0.15, 0.2) is 0 Å². The highest BCUT2D eigenvalue weighted by atomic mass is 79.9. The molecule has 1 fully saturated rings. The Balaban J connectivity index is 0.000000178. The maximum absolute atomic E-state index is 12.8. The first kappa shape index (κ1) is 35.3. The molecule has 11 nitrogen and oxygen atoms in total. The standard InChI is InChI=1S/C20H20BrN5OS.C15H10BrN3O2S/c1-25-9-11-26(12-10-25)19(27)14-3-2-4-15(13-14)23-20-22-8-7-16(24-20)17-5-6-18(21)28-17;16-13-5-4-12(22-13)11-6-7-17-15(19-11)18-10-3-1-2-9(8-10)14(20)21/h2-8,13H,9-12H2,1H3,(H,22,23,24);1-8H,(H,20,21)(H,17,18,19). The molecular weight excluding hydrogens is 804 g/mol. The highest BCUT2D eigenvalue weighted by molar-refractivity contribution is 9.11. The molecule has 6 aromatic rings. The van der Waals surface area contributed by atoms with Gasteiger partial charge >= 0.3 is 5.97 Å². The Morgan fingerprint density at radius 2 is 1.20 bits per heavy atom. The summed E-state index contributed by atoms with van der Waals surface area (Å²) in [5.41, 5.74) is 3.98. The maximum Gasteiger partial charge on any atom is 0.335 e. The molecule has 0 atom stereocenters. The number of aromatic nitrogens is 4. The topological polar surface area (TPSA) is 136 Å². The van der Waals surface area contributed by atoms with Gasteiger partial charge in [0.1, 0.15) is 0 Å². The number of piperazine rings is 1. The zero-order valence-corrected chi connectivity index (χ0v) is 31.4. The fourth-order valence-corrected chi connectivity index (χ4v) is 7.64. The summed E-state index contributed by atoms with van der Waals surface area (Å²) >= 11 is 10.1. The van der Waals surface area contributed by atoms with Gasteiger partial charge in [0.05, 0.1) is 34.3 Å². The SMILES string of the molecule is CN1CCN(C(=O)c2cccc(Nc3nccc(-c4ccc(Br)s4)n3)c2)CC1.O=C(O)c1cccc(Nc2nccc(-c3ccc(Br)s3)n2)c1. The predicted octanol–water partition coefficient (Wildman–Crippen LogP) is 8.51. The number of carbonyl (C=O) groups excluding carboxylic acids is 1. The molecule has 1 amide bonds. The monoisotopic (exact) mass is 832 g/mol. The van der Waals surface area contributed by atoms with Crippen molar-refractivity contribution in [2.45, 2.75) is 0 Å². The van der Waals surface area contributed by atoms with Crippen molar-refractivity contribution < 1.29 is 14.7 Å². The minimum atomic E-state index is -0.971. The highest BCUT2D eigenvalue weighted by Crippen LogP contribution is 2.31. The predicted molar refractivity (Wildman–Crippen MR) is 206 cm³/mol. The van der Waals surface area contributed by atoms with Gasteiger partial charge in [-0.15, -0.1) is 22.7 Å². The van der Waals surface area contributed by atoms with E-state index in [-0.39, 0.29) is 11.5 Å². The van der Waals surface area contributed by atoms with Crippen LogP contribution in [0.2, 0.25) is 0 Å². The van der Waals surface area contributed by atoms with Crippen molar-refractivity contribution in [3.63, 3.8) is 0 Å². The number of amides is 1. The first-order valence-electron chi connectivity index (χ1n) is 15.3. The van der Waals surface area contributed by atoms with Crippen LogP contribution in [0.4, 0.5) is 23.3 Å². The molecule has 1 aliphatic heterocycles. The number of thiophene rings is 2. The lowest BCUT2D eigenvalue weighted by molar-refractivity contribution is 0.0662. The third-order valence-corrected chi connectivity index (χ3v) is 10.8. The molecule has 0 unspecified atom stereocenters. The zero-order valence-electron chi connectivity index (χ0n) is 26.6. The summed E-state index contributed by atoms with van der Waals surface area (Å²) in [6.07, 6.45) is 3.40.